The summed E-state index contributed by atoms with van der Waals surface area (Å²) in [4.78, 5) is 30.7. The minimum atomic E-state index is -0.823. The van der Waals surface area contributed by atoms with Crippen LogP contribution in [0.4, 0.5) is 4.39 Å². The van der Waals surface area contributed by atoms with Gasteiger partial charge >= 0.3 is 0 Å². The Morgan fingerprint density at radius 2 is 2.19 bits per heavy atom. The summed E-state index contributed by atoms with van der Waals surface area (Å²) < 4.78 is 19.9. The van der Waals surface area contributed by atoms with Crippen LogP contribution in [0.2, 0.25) is 0 Å². The number of aryl methyl sites for hydroxylation is 1. The minimum Gasteiger partial charge on any atom is -0.457 e. The van der Waals surface area contributed by atoms with Crippen LogP contribution >= 0.6 is 0 Å². The van der Waals surface area contributed by atoms with Crippen LogP contribution < -0.4 is 15.8 Å². The largest absolute Gasteiger partial charge is 0.457 e. The summed E-state index contributed by atoms with van der Waals surface area (Å²) in [6.07, 6.45) is 5.23. The third kappa shape index (κ3) is 7.19. The van der Waals surface area contributed by atoms with E-state index in [1.165, 1.54) is 23.1 Å². The lowest BCUT2D eigenvalue weighted by Gasteiger charge is -2.26. The number of hydrogen-bond acceptors (Lipinski definition) is 5. The van der Waals surface area contributed by atoms with Gasteiger partial charge in [-0.05, 0) is 43.4 Å². The van der Waals surface area contributed by atoms with Crippen molar-refractivity contribution in [3.63, 3.8) is 0 Å². The van der Waals surface area contributed by atoms with Crippen molar-refractivity contribution in [2.24, 2.45) is 16.6 Å². The van der Waals surface area contributed by atoms with Crippen molar-refractivity contribution in [3.05, 3.63) is 53.7 Å². The second-order valence-electron chi connectivity index (χ2n) is 7.95. The van der Waals surface area contributed by atoms with E-state index in [0.29, 0.717) is 24.9 Å². The molecule has 1 aromatic carbocycles. The van der Waals surface area contributed by atoms with Crippen molar-refractivity contribution in [2.75, 3.05) is 19.7 Å². The molecular formula is C23H31FN4O4. The number of hydrogen-bond donors (Lipinski definition) is 3. The van der Waals surface area contributed by atoms with Gasteiger partial charge in [-0.3, -0.25) is 9.59 Å². The smallest absolute Gasteiger partial charge is 0.270 e. The van der Waals surface area contributed by atoms with Crippen LogP contribution in [-0.2, 0) is 9.59 Å². The fourth-order valence-electron chi connectivity index (χ4n) is 3.13. The summed E-state index contributed by atoms with van der Waals surface area (Å²) in [6.45, 7) is 6.16. The number of benzene rings is 1. The lowest BCUT2D eigenvalue weighted by atomic mass is 10.0. The van der Waals surface area contributed by atoms with Crippen molar-refractivity contribution >= 4 is 17.6 Å². The van der Waals surface area contributed by atoms with Gasteiger partial charge in [0.1, 0.15) is 17.6 Å². The Labute approximate surface area is 187 Å². The maximum atomic E-state index is 14.3. The first kappa shape index (κ1) is 25.1. The zero-order valence-electron chi connectivity index (χ0n) is 18.7. The number of halogens is 1. The van der Waals surface area contributed by atoms with Gasteiger partial charge in [-0.25, -0.2) is 4.39 Å². The van der Waals surface area contributed by atoms with Crippen molar-refractivity contribution < 1.29 is 23.8 Å². The Morgan fingerprint density at radius 1 is 1.44 bits per heavy atom. The van der Waals surface area contributed by atoms with Gasteiger partial charge in [0.25, 0.3) is 11.8 Å². The van der Waals surface area contributed by atoms with E-state index in [2.05, 4.69) is 10.3 Å². The first-order valence-electron chi connectivity index (χ1n) is 10.6. The summed E-state index contributed by atoms with van der Waals surface area (Å²) in [5.74, 6) is -1.04. The highest BCUT2D eigenvalue weighted by molar-refractivity contribution is 6.03. The normalized spacial score (nSPS) is 15.4. The number of rotatable bonds is 11. The Kier molecular flexibility index (Phi) is 9.39. The molecule has 1 aliphatic rings. The van der Waals surface area contributed by atoms with Crippen LogP contribution in [0.25, 0.3) is 0 Å². The van der Waals surface area contributed by atoms with Gasteiger partial charge in [0.05, 0.1) is 6.54 Å². The molecule has 4 N–H and O–H groups in total. The zero-order chi connectivity index (χ0) is 23.7. The molecule has 0 saturated carbocycles. The maximum absolute atomic E-state index is 14.3. The van der Waals surface area contributed by atoms with Crippen molar-refractivity contribution in [1.29, 1.82) is 0 Å². The summed E-state index contributed by atoms with van der Waals surface area (Å²) in [5.41, 5.74) is 6.25. The van der Waals surface area contributed by atoms with Crippen LogP contribution in [0.15, 0.2) is 47.3 Å². The number of carbonyl (C=O) groups excluding carboxylic acids is 2. The van der Waals surface area contributed by atoms with Crippen LogP contribution in [0.1, 0.15) is 32.3 Å². The number of nitrogens with two attached hydrogens (primary N) is 1. The van der Waals surface area contributed by atoms with Gasteiger partial charge in [0, 0.05) is 25.4 Å². The molecule has 0 spiro atoms. The number of carbonyl (C=O) groups is 2. The van der Waals surface area contributed by atoms with Gasteiger partial charge in [0.2, 0.25) is 0 Å². The van der Waals surface area contributed by atoms with Gasteiger partial charge in [-0.1, -0.05) is 26.0 Å². The molecule has 0 radical (unpaired) electrons. The van der Waals surface area contributed by atoms with Crippen LogP contribution in [0, 0.1) is 18.7 Å². The van der Waals surface area contributed by atoms with E-state index in [0.717, 1.165) is 0 Å². The number of aliphatic hydroxyl groups is 1. The number of ether oxygens (including phenoxy) is 1. The molecule has 1 aromatic rings. The van der Waals surface area contributed by atoms with E-state index < -0.39 is 23.7 Å². The van der Waals surface area contributed by atoms with Gasteiger partial charge in [-0.2, -0.15) is 4.99 Å². The third-order valence-corrected chi connectivity index (χ3v) is 4.74. The van der Waals surface area contributed by atoms with E-state index in [9.17, 15) is 14.0 Å². The molecule has 174 valence electrons. The van der Waals surface area contributed by atoms with Gasteiger partial charge < -0.3 is 25.8 Å². The lowest BCUT2D eigenvalue weighted by Crippen LogP contribution is -2.43. The number of aliphatic hydroxyl groups excluding tert-OH is 1. The molecule has 0 saturated heterocycles. The van der Waals surface area contributed by atoms with Crippen LogP contribution in [0.5, 0.6) is 5.75 Å². The van der Waals surface area contributed by atoms with Crippen molar-refractivity contribution in [1.82, 2.24) is 10.2 Å². The van der Waals surface area contributed by atoms with E-state index in [1.807, 2.05) is 13.8 Å². The SMILES string of the molecule is Cc1cccc(OC2=CC(=O)N(C(CC(C)C)C(=O)N=C(N)/C=C\NCCCO)C2)c1F. The predicted octanol–water partition coefficient (Wildman–Crippen LogP) is 2.02. The molecule has 32 heavy (non-hydrogen) atoms. The summed E-state index contributed by atoms with van der Waals surface area (Å²) >= 11 is 0. The molecule has 0 bridgehead atoms. The number of amidine groups is 1. The predicted molar refractivity (Wildman–Crippen MR) is 120 cm³/mol. The number of amides is 2. The van der Waals surface area contributed by atoms with Crippen LogP contribution in [0.3, 0.4) is 0 Å². The molecule has 0 fully saturated rings. The molecule has 9 heteroatoms. The minimum absolute atomic E-state index is 0.00170. The number of nitrogens with one attached hydrogen (secondary N) is 1. The molecule has 1 aliphatic heterocycles. The monoisotopic (exact) mass is 446 g/mol. The highest BCUT2D eigenvalue weighted by atomic mass is 19.1. The standard InChI is InChI=1S/C23H31FN4O4/c1-15(2)12-18(23(31)27-20(25)8-10-26-9-5-11-29)28-14-17(13-21(28)30)32-19-7-4-6-16(3)22(19)24/h4,6-8,10,13,15,18,26,29H,5,9,11-12,14H2,1-3H3,(H2,25,27,31)/b10-8-. The molecular weight excluding hydrogens is 415 g/mol. The van der Waals surface area contributed by atoms with E-state index in [4.69, 9.17) is 15.6 Å². The third-order valence-electron chi connectivity index (χ3n) is 4.74. The van der Waals surface area contributed by atoms with Gasteiger partial charge in [0.15, 0.2) is 11.6 Å². The van der Waals surface area contributed by atoms with E-state index in [-0.39, 0.29) is 36.4 Å². The van der Waals surface area contributed by atoms with Crippen molar-refractivity contribution in [3.8, 4) is 5.75 Å². The fourth-order valence-corrected chi connectivity index (χ4v) is 3.13. The number of nitrogens with zero attached hydrogens (tertiary/aromatic N) is 2. The number of aliphatic imine (C=N–C) groups is 1. The molecule has 2 amide bonds. The Hall–Kier alpha value is -3.20. The Bertz CT molecular complexity index is 911. The molecule has 2 rings (SSSR count). The summed E-state index contributed by atoms with van der Waals surface area (Å²) in [6, 6.07) is 3.95. The fraction of sp³-hybridized carbons (Fsp3) is 0.435. The van der Waals surface area contributed by atoms with E-state index in [1.54, 1.807) is 25.3 Å². The highest BCUT2D eigenvalue weighted by Crippen LogP contribution is 2.26. The summed E-state index contributed by atoms with van der Waals surface area (Å²) in [7, 11) is 0. The Morgan fingerprint density at radius 3 is 2.88 bits per heavy atom. The molecule has 1 atom stereocenters. The summed E-state index contributed by atoms with van der Waals surface area (Å²) in [5, 5.41) is 11.7. The lowest BCUT2D eigenvalue weighted by molar-refractivity contribution is -0.134. The Balaban J connectivity index is 2.10. The molecule has 8 nitrogen and oxygen atoms in total. The highest BCUT2D eigenvalue weighted by Gasteiger charge is 2.35. The molecule has 1 heterocycles. The quantitative estimate of drug-likeness (QED) is 0.272. The maximum Gasteiger partial charge on any atom is 0.270 e. The topological polar surface area (TPSA) is 117 Å². The second kappa shape index (κ2) is 12.0. The molecule has 0 aliphatic carbocycles. The molecule has 0 aromatic heterocycles. The average Bonchev–Trinajstić information content (AvgIpc) is 3.09. The second-order valence-corrected chi connectivity index (χ2v) is 7.95. The van der Waals surface area contributed by atoms with Gasteiger partial charge in [-0.15, -0.1) is 0 Å². The molecule has 1 unspecified atom stereocenters. The van der Waals surface area contributed by atoms with Crippen LogP contribution in [-0.4, -0.2) is 53.4 Å². The first-order valence-corrected chi connectivity index (χ1v) is 10.6. The average molecular weight is 447 g/mol. The van der Waals surface area contributed by atoms with E-state index >= 15 is 0 Å². The van der Waals surface area contributed by atoms with Crippen molar-refractivity contribution in [2.45, 2.75) is 39.7 Å². The first-order chi connectivity index (χ1) is 15.2. The zero-order valence-corrected chi connectivity index (χ0v) is 18.7.